The third-order valence-corrected chi connectivity index (χ3v) is 4.27. The van der Waals surface area contributed by atoms with Crippen molar-refractivity contribution in [3.8, 4) is 0 Å². The first-order chi connectivity index (χ1) is 11.7. The Morgan fingerprint density at radius 1 is 1.32 bits per heavy atom. The van der Waals surface area contributed by atoms with E-state index < -0.39 is 22.8 Å². The van der Waals surface area contributed by atoms with Crippen molar-refractivity contribution in [2.24, 2.45) is 0 Å². The van der Waals surface area contributed by atoms with E-state index in [0.29, 0.717) is 13.0 Å². The van der Waals surface area contributed by atoms with Crippen LogP contribution in [0.2, 0.25) is 10.0 Å². The average Bonchev–Trinajstić information content (AvgIpc) is 3.05. The van der Waals surface area contributed by atoms with E-state index >= 15 is 0 Å². The number of nitrogens with one attached hydrogen (secondary N) is 1. The zero-order chi connectivity index (χ0) is 18.8. The summed E-state index contributed by atoms with van der Waals surface area (Å²) in [6.07, 6.45) is -2.84. The van der Waals surface area contributed by atoms with E-state index in [1.165, 1.54) is 22.5 Å². The van der Waals surface area contributed by atoms with E-state index in [2.05, 4.69) is 15.5 Å². The Balaban J connectivity index is 1.94. The van der Waals surface area contributed by atoms with Gasteiger partial charge in [-0.3, -0.25) is 14.2 Å². The van der Waals surface area contributed by atoms with E-state index in [-0.39, 0.29) is 29.5 Å². The van der Waals surface area contributed by atoms with Crippen molar-refractivity contribution in [2.75, 3.05) is 6.54 Å². The maximum Gasteiger partial charge on any atom is 0.436 e. The molecule has 25 heavy (non-hydrogen) atoms. The van der Waals surface area contributed by atoms with Crippen molar-refractivity contribution in [3.63, 3.8) is 0 Å². The van der Waals surface area contributed by atoms with Gasteiger partial charge in [-0.15, -0.1) is 0 Å². The summed E-state index contributed by atoms with van der Waals surface area (Å²) in [5.41, 5.74) is -0.622. The van der Waals surface area contributed by atoms with Gasteiger partial charge in [0.15, 0.2) is 5.69 Å². The first-order valence-corrected chi connectivity index (χ1v) is 8.22. The van der Waals surface area contributed by atoms with Crippen LogP contribution in [-0.2, 0) is 19.3 Å². The number of nitrogens with zero attached hydrogens (tertiary/aromatic N) is 4. The van der Waals surface area contributed by atoms with Crippen molar-refractivity contribution in [1.29, 1.82) is 0 Å². The number of rotatable bonds is 6. The zero-order valence-corrected chi connectivity index (χ0v) is 15.0. The molecule has 2 heterocycles. The minimum Gasteiger partial charge on any atom is -0.351 e. The molecule has 0 radical (unpaired) electrons. The van der Waals surface area contributed by atoms with Crippen LogP contribution in [0.25, 0.3) is 0 Å². The summed E-state index contributed by atoms with van der Waals surface area (Å²) in [5, 5.41) is 9.96. The molecule has 11 heteroatoms. The molecule has 2 rings (SSSR count). The number of amides is 1. The van der Waals surface area contributed by atoms with Crippen LogP contribution in [0.1, 0.15) is 35.2 Å². The van der Waals surface area contributed by atoms with Gasteiger partial charge in [0.05, 0.1) is 21.9 Å². The highest BCUT2D eigenvalue weighted by molar-refractivity contribution is 6.33. The highest BCUT2D eigenvalue weighted by atomic mass is 35.5. The number of aromatic nitrogens is 4. The molecule has 6 nitrogen and oxygen atoms in total. The van der Waals surface area contributed by atoms with Crippen LogP contribution < -0.4 is 5.32 Å². The fourth-order valence-electron chi connectivity index (χ4n) is 2.27. The monoisotopic (exact) mass is 397 g/mol. The lowest BCUT2D eigenvalue weighted by atomic mass is 10.3. The molecule has 1 N–H and O–H groups in total. The fourth-order valence-corrected chi connectivity index (χ4v) is 2.74. The van der Waals surface area contributed by atoms with Crippen molar-refractivity contribution in [1.82, 2.24) is 24.9 Å². The van der Waals surface area contributed by atoms with Crippen molar-refractivity contribution >= 4 is 29.1 Å². The van der Waals surface area contributed by atoms with Gasteiger partial charge in [-0.2, -0.15) is 23.4 Å². The molecule has 0 aliphatic rings. The quantitative estimate of drug-likeness (QED) is 0.757. The number of halogens is 5. The van der Waals surface area contributed by atoms with Gasteiger partial charge in [-0.05, 0) is 20.3 Å². The first-order valence-electron chi connectivity index (χ1n) is 7.46. The summed E-state index contributed by atoms with van der Waals surface area (Å²) in [5.74, 6) is -0.393. The molecule has 0 fully saturated rings. The van der Waals surface area contributed by atoms with E-state index in [4.69, 9.17) is 23.2 Å². The maximum atomic E-state index is 12.8. The molecule has 0 saturated heterocycles. The third kappa shape index (κ3) is 4.27. The number of hydrogen-bond donors (Lipinski definition) is 1. The molecule has 0 aromatic carbocycles. The Morgan fingerprint density at radius 2 is 2.00 bits per heavy atom. The Bertz CT molecular complexity index is 769. The van der Waals surface area contributed by atoms with E-state index in [0.717, 1.165) is 0 Å². The molecule has 0 bridgehead atoms. The molecule has 0 spiro atoms. The van der Waals surface area contributed by atoms with Gasteiger partial charge in [0.25, 0.3) is 5.91 Å². The fraction of sp³-hybridized carbons (Fsp3) is 0.500. The van der Waals surface area contributed by atoms with Gasteiger partial charge in [0, 0.05) is 19.6 Å². The Hall–Kier alpha value is -1.74. The summed E-state index contributed by atoms with van der Waals surface area (Å²) < 4.78 is 40.9. The number of aryl methyl sites for hydroxylation is 2. The lowest BCUT2D eigenvalue weighted by molar-refractivity contribution is -0.141. The van der Waals surface area contributed by atoms with Crippen molar-refractivity contribution < 1.29 is 18.0 Å². The van der Waals surface area contributed by atoms with Crippen LogP contribution in [0.15, 0.2) is 6.20 Å². The first kappa shape index (κ1) is 19.6. The molecule has 138 valence electrons. The van der Waals surface area contributed by atoms with Crippen molar-refractivity contribution in [3.05, 3.63) is 33.3 Å². The van der Waals surface area contributed by atoms with Gasteiger partial charge in [-0.1, -0.05) is 23.2 Å². The van der Waals surface area contributed by atoms with Crippen molar-refractivity contribution in [2.45, 2.75) is 39.5 Å². The average molecular weight is 398 g/mol. The third-order valence-electron chi connectivity index (χ3n) is 3.54. The molecule has 0 aliphatic carbocycles. The maximum absolute atomic E-state index is 12.8. The second-order valence-electron chi connectivity index (χ2n) is 5.24. The lowest BCUT2D eigenvalue weighted by Gasteiger charge is -2.08. The van der Waals surface area contributed by atoms with Crippen LogP contribution in [0.4, 0.5) is 13.2 Å². The van der Waals surface area contributed by atoms with E-state index in [9.17, 15) is 18.0 Å². The number of hydrogen-bond acceptors (Lipinski definition) is 3. The molecule has 0 saturated carbocycles. The number of alkyl halides is 3. The molecular formula is C14H16Cl2F3N5O. The van der Waals surface area contributed by atoms with Gasteiger partial charge in [0.2, 0.25) is 0 Å². The smallest absolute Gasteiger partial charge is 0.351 e. The Labute approximate surface area is 151 Å². The highest BCUT2D eigenvalue weighted by Gasteiger charge is 2.38. The Kier molecular flexibility index (Phi) is 5.99. The minimum atomic E-state index is -4.60. The van der Waals surface area contributed by atoms with Crippen LogP contribution in [0.5, 0.6) is 0 Å². The normalized spacial score (nSPS) is 11.8. The standard InChI is InChI=1S/C14H16Cl2F3N5O/c1-3-23-11(9(15)7-21-23)13(25)20-5-4-6-24-8(2)10(16)12(22-24)14(17,18)19/h7H,3-6H2,1-2H3,(H,20,25). The summed E-state index contributed by atoms with van der Waals surface area (Å²) in [7, 11) is 0. The summed E-state index contributed by atoms with van der Waals surface area (Å²) in [4.78, 5) is 12.1. The summed E-state index contributed by atoms with van der Waals surface area (Å²) in [6, 6.07) is 0. The molecule has 2 aromatic heterocycles. The highest BCUT2D eigenvalue weighted by Crippen LogP contribution is 2.35. The molecule has 0 unspecified atom stereocenters. The molecule has 0 atom stereocenters. The number of carbonyl (C=O) groups excluding carboxylic acids is 1. The zero-order valence-electron chi connectivity index (χ0n) is 13.5. The molecule has 1 amide bonds. The summed E-state index contributed by atoms with van der Waals surface area (Å²) >= 11 is 11.6. The molecule has 2 aromatic rings. The van der Waals surface area contributed by atoms with E-state index in [1.54, 1.807) is 0 Å². The minimum absolute atomic E-state index is 0.183. The Morgan fingerprint density at radius 3 is 2.56 bits per heavy atom. The molecular weight excluding hydrogens is 382 g/mol. The van der Waals surface area contributed by atoms with Gasteiger partial charge in [-0.25, -0.2) is 0 Å². The topological polar surface area (TPSA) is 64.7 Å². The van der Waals surface area contributed by atoms with Crippen LogP contribution >= 0.6 is 23.2 Å². The second kappa shape index (κ2) is 7.65. The van der Waals surface area contributed by atoms with Gasteiger partial charge >= 0.3 is 6.18 Å². The lowest BCUT2D eigenvalue weighted by Crippen LogP contribution is -2.28. The number of carbonyl (C=O) groups is 1. The van der Waals surface area contributed by atoms with Crippen LogP contribution in [0, 0.1) is 6.92 Å². The second-order valence-corrected chi connectivity index (χ2v) is 6.02. The van der Waals surface area contributed by atoms with Gasteiger partial charge in [0.1, 0.15) is 5.69 Å². The van der Waals surface area contributed by atoms with Crippen LogP contribution in [0.3, 0.4) is 0 Å². The summed E-state index contributed by atoms with van der Waals surface area (Å²) in [6.45, 7) is 4.19. The predicted molar refractivity (Wildman–Crippen MR) is 86.8 cm³/mol. The predicted octanol–water partition coefficient (Wildman–Crippen LogP) is 3.55. The van der Waals surface area contributed by atoms with Crippen LogP contribution in [-0.4, -0.2) is 32.0 Å². The van der Waals surface area contributed by atoms with Gasteiger partial charge < -0.3 is 5.32 Å². The SMILES string of the molecule is CCn1ncc(Cl)c1C(=O)NCCCn1nc(C(F)(F)F)c(Cl)c1C. The largest absolute Gasteiger partial charge is 0.436 e. The molecule has 0 aliphatic heterocycles. The van der Waals surface area contributed by atoms with E-state index in [1.807, 2.05) is 6.92 Å².